The quantitative estimate of drug-likeness (QED) is 0.236. The lowest BCUT2D eigenvalue weighted by atomic mass is 9.93. The fourth-order valence-electron chi connectivity index (χ4n) is 5.27. The molecule has 0 saturated carbocycles. The van der Waals surface area contributed by atoms with Crippen molar-refractivity contribution in [2.75, 3.05) is 20.8 Å². The summed E-state index contributed by atoms with van der Waals surface area (Å²) in [7, 11) is 3.22. The molecule has 0 fully saturated rings. The zero-order valence-corrected chi connectivity index (χ0v) is 22.2. The molecule has 0 radical (unpaired) electrons. The number of ether oxygens (including phenoxy) is 3. The summed E-state index contributed by atoms with van der Waals surface area (Å²) in [6, 6.07) is 22.9. The number of carbonyl (C=O) groups is 2. The Morgan fingerprint density at radius 3 is 2.31 bits per heavy atom. The average molecular weight is 541 g/mol. The molecule has 0 aliphatic carbocycles. The van der Waals surface area contributed by atoms with Crippen molar-refractivity contribution in [1.29, 1.82) is 0 Å². The van der Waals surface area contributed by atoms with Gasteiger partial charge in [0, 0.05) is 41.1 Å². The van der Waals surface area contributed by atoms with Gasteiger partial charge in [-0.25, -0.2) is 0 Å². The van der Waals surface area contributed by atoms with E-state index in [2.05, 4.69) is 9.88 Å². The van der Waals surface area contributed by atoms with Crippen molar-refractivity contribution in [2.45, 2.75) is 13.2 Å². The van der Waals surface area contributed by atoms with Crippen molar-refractivity contribution >= 4 is 45.2 Å². The maximum Gasteiger partial charge on any atom is 0.259 e. The summed E-state index contributed by atoms with van der Waals surface area (Å²) in [4.78, 5) is 26.3. The molecule has 39 heavy (non-hydrogen) atoms. The van der Waals surface area contributed by atoms with Gasteiger partial charge in [-0.15, -0.1) is 0 Å². The number of aromatic nitrogens is 1. The van der Waals surface area contributed by atoms with Crippen molar-refractivity contribution < 1.29 is 23.8 Å². The van der Waals surface area contributed by atoms with E-state index in [1.165, 1.54) is 0 Å². The minimum Gasteiger partial charge on any atom is -0.493 e. The fourth-order valence-corrected chi connectivity index (χ4v) is 5.51. The summed E-state index contributed by atoms with van der Waals surface area (Å²) in [5, 5.41) is 4.42. The molecule has 1 aliphatic heterocycles. The minimum absolute atomic E-state index is 0.315. The van der Waals surface area contributed by atoms with Crippen LogP contribution in [0.3, 0.4) is 0 Å². The van der Waals surface area contributed by atoms with Gasteiger partial charge in [0.1, 0.15) is 6.61 Å². The van der Waals surface area contributed by atoms with Crippen molar-refractivity contribution in [3.05, 3.63) is 94.5 Å². The highest BCUT2D eigenvalue weighted by Gasteiger charge is 2.35. The Morgan fingerprint density at radius 2 is 1.56 bits per heavy atom. The van der Waals surface area contributed by atoms with Gasteiger partial charge in [0.05, 0.1) is 35.9 Å². The standard InChI is InChI=1S/C31H25ClN2O5/c1-37-13-12-34-23-16-26(39-17-18-8-4-3-5-9-18)25(38-2)15-21(23)27-24(34)14-20(19-10-6-7-11-22(19)32)28-29(27)31(36)33-30(28)35/h3-11,14-16H,12-13,17H2,1-2H3,(H,33,35,36). The van der Waals surface area contributed by atoms with Gasteiger partial charge in [0.25, 0.3) is 11.8 Å². The Kier molecular flexibility index (Phi) is 6.46. The van der Waals surface area contributed by atoms with Gasteiger partial charge in [-0.3, -0.25) is 14.9 Å². The number of hydrogen-bond donors (Lipinski definition) is 1. The molecule has 8 heteroatoms. The lowest BCUT2D eigenvalue weighted by molar-refractivity contribution is 0.0880. The highest BCUT2D eigenvalue weighted by Crippen LogP contribution is 2.44. The third-order valence-corrected chi connectivity index (χ3v) is 7.37. The maximum absolute atomic E-state index is 13.3. The number of nitrogens with zero attached hydrogens (tertiary/aromatic N) is 1. The molecule has 2 amide bonds. The van der Waals surface area contributed by atoms with E-state index >= 15 is 0 Å². The molecule has 0 unspecified atom stereocenters. The molecular weight excluding hydrogens is 516 g/mol. The number of rotatable bonds is 8. The molecule has 4 aromatic carbocycles. The molecule has 0 saturated heterocycles. The first-order chi connectivity index (χ1) is 19.0. The summed E-state index contributed by atoms with van der Waals surface area (Å²) in [6.07, 6.45) is 0. The van der Waals surface area contributed by atoms with Crippen molar-refractivity contribution in [3.8, 4) is 22.6 Å². The van der Waals surface area contributed by atoms with Crippen LogP contribution in [0.4, 0.5) is 0 Å². The van der Waals surface area contributed by atoms with E-state index in [1.807, 2.05) is 66.7 Å². The molecule has 1 aliphatic rings. The number of halogens is 1. The summed E-state index contributed by atoms with van der Waals surface area (Å²) >= 11 is 6.57. The number of methoxy groups -OCH3 is 2. The third kappa shape index (κ3) is 4.20. The van der Waals surface area contributed by atoms with Crippen LogP contribution in [0, 0.1) is 0 Å². The van der Waals surface area contributed by atoms with Gasteiger partial charge in [0.15, 0.2) is 11.5 Å². The average Bonchev–Trinajstić information content (AvgIpc) is 3.42. The largest absolute Gasteiger partial charge is 0.493 e. The zero-order chi connectivity index (χ0) is 27.1. The molecule has 196 valence electrons. The van der Waals surface area contributed by atoms with Crippen LogP contribution in [0.2, 0.25) is 5.02 Å². The van der Waals surface area contributed by atoms with E-state index in [0.717, 1.165) is 22.0 Å². The normalized spacial score (nSPS) is 12.7. The van der Waals surface area contributed by atoms with Crippen molar-refractivity contribution in [2.24, 2.45) is 0 Å². The van der Waals surface area contributed by atoms with Gasteiger partial charge < -0.3 is 18.8 Å². The van der Waals surface area contributed by atoms with Crippen LogP contribution in [0.15, 0.2) is 72.8 Å². The number of amides is 2. The summed E-state index contributed by atoms with van der Waals surface area (Å²) < 4.78 is 19.4. The van der Waals surface area contributed by atoms with Crippen LogP contribution in [0.5, 0.6) is 11.5 Å². The topological polar surface area (TPSA) is 78.8 Å². The molecule has 7 nitrogen and oxygen atoms in total. The molecule has 6 rings (SSSR count). The van der Waals surface area contributed by atoms with Gasteiger partial charge in [-0.1, -0.05) is 60.1 Å². The Bertz CT molecular complexity index is 1760. The SMILES string of the molecule is COCCn1c2cc(OCc3ccccc3)c(OC)cc2c2c3c(c(-c4ccccc4Cl)cc21)C(=O)NC3=O. The Balaban J connectivity index is 1.65. The second kappa shape index (κ2) is 10.1. The van der Waals surface area contributed by atoms with E-state index < -0.39 is 11.8 Å². The van der Waals surface area contributed by atoms with Crippen molar-refractivity contribution in [1.82, 2.24) is 9.88 Å². The Labute approximate surface area is 229 Å². The number of hydrogen-bond acceptors (Lipinski definition) is 5. The molecule has 1 aromatic heterocycles. The molecule has 0 spiro atoms. The van der Waals surface area contributed by atoms with E-state index in [0.29, 0.717) is 63.9 Å². The van der Waals surface area contributed by atoms with Crippen LogP contribution >= 0.6 is 11.6 Å². The molecular formula is C31H25ClN2O5. The zero-order valence-electron chi connectivity index (χ0n) is 21.4. The number of fused-ring (bicyclic) bond motifs is 5. The van der Waals surface area contributed by atoms with Crippen LogP contribution in [-0.4, -0.2) is 37.2 Å². The Morgan fingerprint density at radius 1 is 0.821 bits per heavy atom. The second-order valence-electron chi connectivity index (χ2n) is 9.27. The van der Waals surface area contributed by atoms with Crippen LogP contribution in [0.25, 0.3) is 32.9 Å². The number of nitrogens with one attached hydrogen (secondary N) is 1. The molecule has 1 N–H and O–H groups in total. The first-order valence-electron chi connectivity index (χ1n) is 12.5. The fraction of sp³-hybridized carbons (Fsp3) is 0.161. The maximum atomic E-state index is 13.3. The number of imide groups is 1. The number of benzene rings is 4. The van der Waals surface area contributed by atoms with Gasteiger partial charge in [-0.05, 0) is 29.3 Å². The monoisotopic (exact) mass is 540 g/mol. The first kappa shape index (κ1) is 25.0. The van der Waals surface area contributed by atoms with E-state index in [9.17, 15) is 9.59 Å². The van der Waals surface area contributed by atoms with Crippen molar-refractivity contribution in [3.63, 3.8) is 0 Å². The molecule has 0 bridgehead atoms. The van der Waals surface area contributed by atoms with Gasteiger partial charge in [-0.2, -0.15) is 0 Å². The predicted octanol–water partition coefficient (Wildman–Crippen LogP) is 6.23. The summed E-state index contributed by atoms with van der Waals surface area (Å²) in [5.41, 5.74) is 4.55. The third-order valence-electron chi connectivity index (χ3n) is 7.04. The smallest absolute Gasteiger partial charge is 0.259 e. The molecule has 5 aromatic rings. The van der Waals surface area contributed by atoms with Gasteiger partial charge >= 0.3 is 0 Å². The minimum atomic E-state index is -0.445. The highest BCUT2D eigenvalue weighted by molar-refractivity contribution is 6.36. The number of carbonyl (C=O) groups excluding carboxylic acids is 2. The second-order valence-corrected chi connectivity index (χ2v) is 9.68. The summed E-state index contributed by atoms with van der Waals surface area (Å²) in [6.45, 7) is 1.32. The van der Waals surface area contributed by atoms with E-state index in [4.69, 9.17) is 25.8 Å². The lowest BCUT2D eigenvalue weighted by Crippen LogP contribution is -2.20. The molecule has 2 heterocycles. The molecule has 0 atom stereocenters. The highest BCUT2D eigenvalue weighted by atomic mass is 35.5. The predicted molar refractivity (Wildman–Crippen MR) is 151 cm³/mol. The summed E-state index contributed by atoms with van der Waals surface area (Å²) in [5.74, 6) is 0.208. The Hall–Kier alpha value is -4.33. The van der Waals surface area contributed by atoms with Gasteiger partial charge in [0.2, 0.25) is 0 Å². The lowest BCUT2D eigenvalue weighted by Gasteiger charge is -2.13. The first-order valence-corrected chi connectivity index (χ1v) is 12.9. The van der Waals surface area contributed by atoms with Crippen LogP contribution in [-0.2, 0) is 17.9 Å². The van der Waals surface area contributed by atoms with E-state index in [1.54, 1.807) is 20.3 Å². The van der Waals surface area contributed by atoms with Crippen LogP contribution < -0.4 is 14.8 Å². The van der Waals surface area contributed by atoms with E-state index in [-0.39, 0.29) is 0 Å². The van der Waals surface area contributed by atoms with Crippen LogP contribution in [0.1, 0.15) is 26.3 Å².